The fourth-order valence-corrected chi connectivity index (χ4v) is 2.58. The second kappa shape index (κ2) is 5.44. The Labute approximate surface area is 106 Å². The summed E-state index contributed by atoms with van der Waals surface area (Å²) in [6.07, 6.45) is 6.56. The van der Waals surface area contributed by atoms with Crippen LogP contribution >= 0.6 is 0 Å². The predicted octanol–water partition coefficient (Wildman–Crippen LogP) is 1.42. The molecule has 18 heavy (non-hydrogen) atoms. The van der Waals surface area contributed by atoms with Crippen molar-refractivity contribution in [3.63, 3.8) is 0 Å². The smallest absolute Gasteiger partial charge is 0.344 e. The maximum absolute atomic E-state index is 12.1. The van der Waals surface area contributed by atoms with Crippen LogP contribution in [0.15, 0.2) is 18.6 Å². The number of esters is 1. The maximum atomic E-state index is 12.1. The molecule has 0 spiro atoms. The number of aromatic nitrogens is 2. The first-order chi connectivity index (χ1) is 8.69. The van der Waals surface area contributed by atoms with Gasteiger partial charge >= 0.3 is 5.97 Å². The molecule has 5 heteroatoms. The Morgan fingerprint density at radius 1 is 1.56 bits per heavy atom. The molecule has 0 aromatic carbocycles. The number of ether oxygens (including phenoxy) is 1. The highest BCUT2D eigenvalue weighted by Crippen LogP contribution is 2.40. The van der Waals surface area contributed by atoms with Crippen LogP contribution in [0.25, 0.3) is 0 Å². The first kappa shape index (κ1) is 13.0. The third-order valence-corrected chi connectivity index (χ3v) is 3.51. The van der Waals surface area contributed by atoms with Crippen molar-refractivity contribution in [1.29, 1.82) is 0 Å². The predicted molar refractivity (Wildman–Crippen MR) is 64.5 cm³/mol. The highest BCUT2D eigenvalue weighted by molar-refractivity contribution is 5.81. The molecule has 0 saturated heterocycles. The summed E-state index contributed by atoms with van der Waals surface area (Å²) >= 11 is 0. The summed E-state index contributed by atoms with van der Waals surface area (Å²) in [5.41, 5.74) is -1.29. The molecule has 0 bridgehead atoms. The summed E-state index contributed by atoms with van der Waals surface area (Å²) in [4.78, 5) is 20.0. The summed E-state index contributed by atoms with van der Waals surface area (Å²) in [7, 11) is 0. The monoisotopic (exact) mass is 250 g/mol. The lowest BCUT2D eigenvalue weighted by atomic mass is 9.83. The molecule has 5 nitrogen and oxygen atoms in total. The summed E-state index contributed by atoms with van der Waals surface area (Å²) in [6.45, 7) is 1.98. The average Bonchev–Trinajstić information content (AvgIpc) is 2.93. The normalized spacial score (nSPS) is 19.4. The van der Waals surface area contributed by atoms with Crippen molar-refractivity contribution in [2.24, 2.45) is 5.92 Å². The first-order valence-corrected chi connectivity index (χ1v) is 6.35. The molecule has 1 aromatic rings. The fraction of sp³-hybridized carbons (Fsp3) is 0.615. The summed E-state index contributed by atoms with van der Waals surface area (Å²) in [6, 6.07) is 1.58. The van der Waals surface area contributed by atoms with Crippen LogP contribution in [0.1, 0.15) is 38.3 Å². The molecule has 0 radical (unpaired) electrons. The molecule has 1 heterocycles. The van der Waals surface area contributed by atoms with Gasteiger partial charge in [0, 0.05) is 12.1 Å². The standard InChI is InChI=1S/C13H18N2O3/c1-2-18-12(16)13(17,10-5-3-4-6-10)11-7-8-14-9-15-11/h7-10,17H,2-6H2,1H3. The van der Waals surface area contributed by atoms with E-state index in [1.807, 2.05) is 0 Å². The Morgan fingerprint density at radius 3 is 2.83 bits per heavy atom. The Balaban J connectivity index is 2.35. The number of hydrogen-bond donors (Lipinski definition) is 1. The molecule has 1 aliphatic rings. The number of nitrogens with zero attached hydrogens (tertiary/aromatic N) is 2. The molecule has 1 aromatic heterocycles. The minimum absolute atomic E-state index is 0.119. The molecule has 0 aliphatic heterocycles. The van der Waals surface area contributed by atoms with Crippen LogP contribution in [0.4, 0.5) is 0 Å². The highest BCUT2D eigenvalue weighted by Gasteiger charge is 2.48. The zero-order valence-electron chi connectivity index (χ0n) is 10.5. The van der Waals surface area contributed by atoms with Gasteiger partial charge in [-0.25, -0.2) is 14.8 Å². The van der Waals surface area contributed by atoms with Crippen molar-refractivity contribution >= 4 is 5.97 Å². The SMILES string of the molecule is CCOC(=O)C(O)(c1ccncn1)C1CCCC1. The maximum Gasteiger partial charge on any atom is 0.344 e. The molecule has 0 amide bonds. The van der Waals surface area contributed by atoms with Crippen molar-refractivity contribution in [2.45, 2.75) is 38.2 Å². The Hall–Kier alpha value is -1.49. The average molecular weight is 250 g/mol. The van der Waals surface area contributed by atoms with Crippen molar-refractivity contribution < 1.29 is 14.6 Å². The van der Waals surface area contributed by atoms with Gasteiger partial charge in [0.15, 0.2) is 0 Å². The molecular weight excluding hydrogens is 232 g/mol. The van der Waals surface area contributed by atoms with E-state index >= 15 is 0 Å². The number of hydrogen-bond acceptors (Lipinski definition) is 5. The van der Waals surface area contributed by atoms with Crippen LogP contribution in [0.3, 0.4) is 0 Å². The van der Waals surface area contributed by atoms with E-state index in [-0.39, 0.29) is 12.5 Å². The lowest BCUT2D eigenvalue weighted by molar-refractivity contribution is -0.173. The van der Waals surface area contributed by atoms with Gasteiger partial charge in [0.1, 0.15) is 6.33 Å². The van der Waals surface area contributed by atoms with Crippen LogP contribution < -0.4 is 0 Å². The van der Waals surface area contributed by atoms with Gasteiger partial charge in [0.2, 0.25) is 5.60 Å². The topological polar surface area (TPSA) is 72.3 Å². The van der Waals surface area contributed by atoms with Gasteiger partial charge in [-0.15, -0.1) is 0 Å². The van der Waals surface area contributed by atoms with Crippen LogP contribution in [-0.2, 0) is 15.1 Å². The minimum Gasteiger partial charge on any atom is -0.464 e. The third-order valence-electron chi connectivity index (χ3n) is 3.51. The number of carbonyl (C=O) groups is 1. The molecule has 2 rings (SSSR count). The zero-order chi connectivity index (χ0) is 13.0. The molecule has 1 unspecified atom stereocenters. The summed E-state index contributed by atoms with van der Waals surface area (Å²) in [5, 5.41) is 10.8. The van der Waals surface area contributed by atoms with Gasteiger partial charge < -0.3 is 9.84 Å². The van der Waals surface area contributed by atoms with Gasteiger partial charge in [0.25, 0.3) is 0 Å². The van der Waals surface area contributed by atoms with Gasteiger partial charge in [0.05, 0.1) is 12.3 Å². The highest BCUT2D eigenvalue weighted by atomic mass is 16.5. The van der Waals surface area contributed by atoms with Crippen LogP contribution in [0.5, 0.6) is 0 Å². The summed E-state index contributed by atoms with van der Waals surface area (Å²) in [5.74, 6) is -0.720. The number of rotatable bonds is 4. The minimum atomic E-state index is -1.63. The summed E-state index contributed by atoms with van der Waals surface area (Å²) < 4.78 is 5.02. The molecule has 98 valence electrons. The van der Waals surface area contributed by atoms with Gasteiger partial charge in [-0.3, -0.25) is 0 Å². The van der Waals surface area contributed by atoms with Crippen molar-refractivity contribution in [2.75, 3.05) is 6.61 Å². The van der Waals surface area contributed by atoms with E-state index in [9.17, 15) is 9.90 Å². The van der Waals surface area contributed by atoms with Crippen molar-refractivity contribution in [3.05, 3.63) is 24.3 Å². The molecular formula is C13H18N2O3. The fourth-order valence-electron chi connectivity index (χ4n) is 2.58. The lowest BCUT2D eigenvalue weighted by Crippen LogP contribution is -2.44. The lowest BCUT2D eigenvalue weighted by Gasteiger charge is -2.30. The van der Waals surface area contributed by atoms with Crippen LogP contribution in [0.2, 0.25) is 0 Å². The Kier molecular flexibility index (Phi) is 3.91. The number of carbonyl (C=O) groups excluding carboxylic acids is 1. The van der Waals surface area contributed by atoms with Gasteiger partial charge in [-0.1, -0.05) is 12.8 Å². The van der Waals surface area contributed by atoms with E-state index in [1.165, 1.54) is 12.5 Å². The van der Waals surface area contributed by atoms with Gasteiger partial charge in [-0.05, 0) is 25.8 Å². The van der Waals surface area contributed by atoms with E-state index in [0.29, 0.717) is 5.69 Å². The van der Waals surface area contributed by atoms with Crippen LogP contribution in [0, 0.1) is 5.92 Å². The zero-order valence-corrected chi connectivity index (χ0v) is 10.5. The molecule has 1 atom stereocenters. The van der Waals surface area contributed by atoms with E-state index in [0.717, 1.165) is 25.7 Å². The van der Waals surface area contributed by atoms with Crippen molar-refractivity contribution in [3.8, 4) is 0 Å². The third kappa shape index (κ3) is 2.22. The molecule has 1 aliphatic carbocycles. The Morgan fingerprint density at radius 2 is 2.28 bits per heavy atom. The van der Waals surface area contributed by atoms with E-state index in [1.54, 1.807) is 13.0 Å². The molecule has 1 N–H and O–H groups in total. The van der Waals surface area contributed by atoms with E-state index in [2.05, 4.69) is 9.97 Å². The first-order valence-electron chi connectivity index (χ1n) is 6.35. The van der Waals surface area contributed by atoms with E-state index < -0.39 is 11.6 Å². The second-order valence-corrected chi connectivity index (χ2v) is 4.56. The van der Waals surface area contributed by atoms with Gasteiger partial charge in [-0.2, -0.15) is 0 Å². The number of aliphatic hydroxyl groups is 1. The van der Waals surface area contributed by atoms with Crippen molar-refractivity contribution in [1.82, 2.24) is 9.97 Å². The van der Waals surface area contributed by atoms with E-state index in [4.69, 9.17) is 4.74 Å². The largest absolute Gasteiger partial charge is 0.464 e. The molecule has 1 fully saturated rings. The Bertz CT molecular complexity index is 404. The van der Waals surface area contributed by atoms with Crippen LogP contribution in [-0.4, -0.2) is 27.7 Å². The molecule has 1 saturated carbocycles. The quantitative estimate of drug-likeness (QED) is 0.818. The second-order valence-electron chi connectivity index (χ2n) is 4.56.